The number of hydrogen-bond acceptors (Lipinski definition) is 4. The highest BCUT2D eigenvalue weighted by Crippen LogP contribution is 2.34. The van der Waals surface area contributed by atoms with Crippen molar-refractivity contribution < 1.29 is 9.53 Å². The Kier molecular flexibility index (Phi) is 7.30. The van der Waals surface area contributed by atoms with Crippen LogP contribution in [-0.2, 0) is 17.7 Å². The fourth-order valence-corrected chi connectivity index (χ4v) is 3.98. The molecular weight excluding hydrogens is 424 g/mol. The van der Waals surface area contributed by atoms with Crippen LogP contribution in [0, 0.1) is 24.8 Å². The van der Waals surface area contributed by atoms with Gasteiger partial charge in [-0.2, -0.15) is 5.26 Å². The number of carbonyl (C=O) groups is 1. The van der Waals surface area contributed by atoms with E-state index in [1.807, 2.05) is 19.1 Å². The number of halogens is 1. The molecule has 0 amide bonds. The molecule has 0 aliphatic rings. The largest absolute Gasteiger partial charge is 0.462 e. The average molecular weight is 447 g/mol. The van der Waals surface area contributed by atoms with Crippen LogP contribution < -0.4 is 0 Å². The molecule has 2 heterocycles. The maximum absolute atomic E-state index is 12.2. The standard InChI is InChI=1S/C25H23ClN4O2/c1-5-7-22-21(13-27)23(18-8-10-19(28-4)11-9-18)16(3)30(22)15-17-12-20(24(26)29-14-17)25(31)32-6-2/h8-12,14H,5-7,15H2,1-3H3. The highest BCUT2D eigenvalue weighted by Gasteiger charge is 2.22. The van der Waals surface area contributed by atoms with Crippen molar-refractivity contribution in [2.24, 2.45) is 0 Å². The fourth-order valence-electron chi connectivity index (χ4n) is 3.80. The summed E-state index contributed by atoms with van der Waals surface area (Å²) >= 11 is 6.12. The normalized spacial score (nSPS) is 10.4. The van der Waals surface area contributed by atoms with Crippen LogP contribution in [0.3, 0.4) is 0 Å². The van der Waals surface area contributed by atoms with Crippen LogP contribution in [0.4, 0.5) is 5.69 Å². The molecule has 0 fully saturated rings. The third-order valence-electron chi connectivity index (χ3n) is 5.25. The van der Waals surface area contributed by atoms with Crippen molar-refractivity contribution in [3.05, 3.63) is 81.2 Å². The third kappa shape index (κ3) is 4.51. The first-order chi connectivity index (χ1) is 15.4. The minimum Gasteiger partial charge on any atom is -0.462 e. The summed E-state index contributed by atoms with van der Waals surface area (Å²) in [5, 5.41) is 10.1. The molecule has 0 N–H and O–H groups in total. The lowest BCUT2D eigenvalue weighted by atomic mass is 10.00. The molecule has 0 radical (unpaired) electrons. The Balaban J connectivity index is 2.12. The molecule has 0 atom stereocenters. The third-order valence-corrected chi connectivity index (χ3v) is 5.55. The number of ether oxygens (including phenoxy) is 1. The SMILES string of the molecule is [C-]#[N+]c1ccc(-c2c(C#N)c(CCC)n(Cc3cnc(Cl)c(C(=O)OCC)c3)c2C)cc1. The monoisotopic (exact) mass is 446 g/mol. The van der Waals surface area contributed by atoms with E-state index in [-0.39, 0.29) is 17.3 Å². The van der Waals surface area contributed by atoms with Gasteiger partial charge in [-0.25, -0.2) is 14.6 Å². The molecule has 0 unspecified atom stereocenters. The van der Waals surface area contributed by atoms with Crippen molar-refractivity contribution in [2.45, 2.75) is 40.2 Å². The van der Waals surface area contributed by atoms with Gasteiger partial charge in [0.1, 0.15) is 11.2 Å². The Hall–Kier alpha value is -3.61. The summed E-state index contributed by atoms with van der Waals surface area (Å²) < 4.78 is 7.18. The Bertz CT molecular complexity index is 1230. The molecule has 2 aromatic heterocycles. The van der Waals surface area contributed by atoms with E-state index in [0.29, 0.717) is 17.8 Å². The van der Waals surface area contributed by atoms with Crippen molar-refractivity contribution in [1.82, 2.24) is 9.55 Å². The second kappa shape index (κ2) is 10.1. The molecule has 32 heavy (non-hydrogen) atoms. The van der Waals surface area contributed by atoms with Gasteiger partial charge >= 0.3 is 5.97 Å². The molecule has 6 nitrogen and oxygen atoms in total. The molecule has 162 valence electrons. The first-order valence-electron chi connectivity index (χ1n) is 10.4. The molecule has 0 bridgehead atoms. The molecule has 1 aromatic carbocycles. The molecule has 0 spiro atoms. The summed E-state index contributed by atoms with van der Waals surface area (Å²) in [6, 6.07) is 11.3. The van der Waals surface area contributed by atoms with Gasteiger partial charge in [-0.15, -0.1) is 0 Å². The molecule has 3 aromatic rings. The van der Waals surface area contributed by atoms with Gasteiger partial charge < -0.3 is 9.30 Å². The predicted molar refractivity (Wildman–Crippen MR) is 124 cm³/mol. The van der Waals surface area contributed by atoms with Gasteiger partial charge in [0.2, 0.25) is 0 Å². The van der Waals surface area contributed by atoms with Crippen LogP contribution in [0.25, 0.3) is 16.0 Å². The maximum atomic E-state index is 12.2. The smallest absolute Gasteiger partial charge is 0.341 e. The van der Waals surface area contributed by atoms with Crippen molar-refractivity contribution in [1.29, 1.82) is 5.26 Å². The van der Waals surface area contributed by atoms with Crippen LogP contribution >= 0.6 is 11.6 Å². The number of benzene rings is 1. The number of esters is 1. The highest BCUT2D eigenvalue weighted by atomic mass is 35.5. The van der Waals surface area contributed by atoms with E-state index in [4.69, 9.17) is 22.9 Å². The molecular formula is C25H23ClN4O2. The summed E-state index contributed by atoms with van der Waals surface area (Å²) in [7, 11) is 0. The van der Waals surface area contributed by atoms with Crippen molar-refractivity contribution >= 4 is 23.3 Å². The van der Waals surface area contributed by atoms with Crippen LogP contribution in [0.1, 0.15) is 53.1 Å². The Morgan fingerprint density at radius 2 is 2.03 bits per heavy atom. The summed E-state index contributed by atoms with van der Waals surface area (Å²) in [6.45, 7) is 13.6. The van der Waals surface area contributed by atoms with Gasteiger partial charge in [-0.1, -0.05) is 49.2 Å². The van der Waals surface area contributed by atoms with E-state index in [2.05, 4.69) is 27.4 Å². The zero-order valence-electron chi connectivity index (χ0n) is 18.3. The molecule has 0 aliphatic heterocycles. The van der Waals surface area contributed by atoms with Gasteiger partial charge in [-0.3, -0.25) is 0 Å². The maximum Gasteiger partial charge on any atom is 0.341 e. The second-order valence-corrected chi connectivity index (χ2v) is 7.65. The van der Waals surface area contributed by atoms with E-state index < -0.39 is 5.97 Å². The number of nitrogens with zero attached hydrogens (tertiary/aromatic N) is 4. The van der Waals surface area contributed by atoms with Gasteiger partial charge in [0.25, 0.3) is 0 Å². The van der Waals surface area contributed by atoms with E-state index >= 15 is 0 Å². The van der Waals surface area contributed by atoms with E-state index in [1.165, 1.54) is 0 Å². The van der Waals surface area contributed by atoms with Crippen LogP contribution in [0.5, 0.6) is 0 Å². The summed E-state index contributed by atoms with van der Waals surface area (Å²) in [4.78, 5) is 19.8. The molecule has 3 rings (SSSR count). The van der Waals surface area contributed by atoms with Crippen molar-refractivity contribution in [3.8, 4) is 17.2 Å². The lowest BCUT2D eigenvalue weighted by molar-refractivity contribution is 0.0526. The van der Waals surface area contributed by atoms with Gasteiger partial charge in [0.05, 0.1) is 24.3 Å². The number of carbonyl (C=O) groups excluding carboxylic acids is 1. The first-order valence-corrected chi connectivity index (χ1v) is 10.7. The summed E-state index contributed by atoms with van der Waals surface area (Å²) in [5.74, 6) is -0.511. The number of aromatic nitrogens is 2. The fraction of sp³-hybridized carbons (Fsp3) is 0.280. The highest BCUT2D eigenvalue weighted by molar-refractivity contribution is 6.32. The minimum atomic E-state index is -0.511. The van der Waals surface area contributed by atoms with Crippen molar-refractivity contribution in [2.75, 3.05) is 6.61 Å². The Labute approximate surface area is 192 Å². The Morgan fingerprint density at radius 1 is 1.31 bits per heavy atom. The second-order valence-electron chi connectivity index (χ2n) is 7.29. The lowest BCUT2D eigenvalue weighted by Gasteiger charge is -2.13. The number of rotatable bonds is 7. The van der Waals surface area contributed by atoms with Gasteiger partial charge in [-0.05, 0) is 37.5 Å². The predicted octanol–water partition coefficient (Wildman–Crippen LogP) is 6.11. The quantitative estimate of drug-likeness (QED) is 0.249. The van der Waals surface area contributed by atoms with Crippen LogP contribution in [0.2, 0.25) is 5.15 Å². The first kappa shape index (κ1) is 23.1. The van der Waals surface area contributed by atoms with Gasteiger partial charge in [0, 0.05) is 29.7 Å². The minimum absolute atomic E-state index is 0.100. The lowest BCUT2D eigenvalue weighted by Crippen LogP contribution is -2.10. The van der Waals surface area contributed by atoms with E-state index in [1.54, 1.807) is 31.3 Å². The van der Waals surface area contributed by atoms with E-state index in [9.17, 15) is 10.1 Å². The summed E-state index contributed by atoms with van der Waals surface area (Å²) in [5.41, 5.74) is 5.82. The zero-order valence-corrected chi connectivity index (χ0v) is 19.0. The average Bonchev–Trinajstić information content (AvgIpc) is 3.06. The van der Waals surface area contributed by atoms with Crippen LogP contribution in [0.15, 0.2) is 36.5 Å². The topological polar surface area (TPSA) is 72.3 Å². The number of nitriles is 1. The zero-order chi connectivity index (χ0) is 23.3. The molecule has 0 aliphatic carbocycles. The number of pyridine rings is 1. The molecule has 0 saturated carbocycles. The Morgan fingerprint density at radius 3 is 2.62 bits per heavy atom. The molecule has 0 saturated heterocycles. The van der Waals surface area contributed by atoms with Gasteiger partial charge in [0.15, 0.2) is 5.69 Å². The number of hydrogen-bond donors (Lipinski definition) is 0. The van der Waals surface area contributed by atoms with E-state index in [0.717, 1.165) is 40.9 Å². The molecule has 7 heteroatoms. The summed E-state index contributed by atoms with van der Waals surface area (Å²) in [6.07, 6.45) is 3.24. The van der Waals surface area contributed by atoms with Crippen LogP contribution in [-0.4, -0.2) is 22.1 Å². The van der Waals surface area contributed by atoms with Crippen molar-refractivity contribution in [3.63, 3.8) is 0 Å².